The Hall–Kier alpha value is -1.05. The Morgan fingerprint density at radius 3 is 2.73 bits per heavy atom. The number of thiophene rings is 1. The van der Waals surface area contributed by atoms with E-state index in [1.807, 2.05) is 19.1 Å². The first kappa shape index (κ1) is 12.0. The van der Waals surface area contributed by atoms with Crippen LogP contribution in [0.4, 0.5) is 0 Å². The number of carbonyl (C=O) groups is 1. The maximum atomic E-state index is 11.4. The second-order valence-corrected chi connectivity index (χ2v) is 4.97. The summed E-state index contributed by atoms with van der Waals surface area (Å²) in [6.07, 6.45) is 0. The number of halogens is 1. The molecule has 80 valence electrons. The molecule has 15 heavy (non-hydrogen) atoms. The maximum absolute atomic E-state index is 11.4. The first-order chi connectivity index (χ1) is 7.04. The van der Waals surface area contributed by atoms with Crippen molar-refractivity contribution in [2.45, 2.75) is 19.9 Å². The molecule has 1 aromatic heterocycles. The first-order valence-corrected chi connectivity index (χ1v) is 5.69. The van der Waals surface area contributed by atoms with Crippen LogP contribution >= 0.6 is 22.9 Å². The van der Waals surface area contributed by atoms with E-state index in [1.165, 1.54) is 11.3 Å². The van der Waals surface area contributed by atoms with Crippen LogP contribution in [0.15, 0.2) is 12.1 Å². The Labute approximate surface area is 97.7 Å². The number of nitriles is 1. The van der Waals surface area contributed by atoms with Gasteiger partial charge in [-0.05, 0) is 26.0 Å². The molecule has 0 spiro atoms. The number of nitrogens with zero attached hydrogens (tertiary/aromatic N) is 1. The normalized spacial score (nSPS) is 14.0. The molecule has 1 amide bonds. The summed E-state index contributed by atoms with van der Waals surface area (Å²) in [6, 6.07) is 5.45. The standard InChI is InChI=1S/C10H11ClN2OS/c1-6(5-12)10(14)13-7(2)8-3-4-9(11)15-8/h3-4,6-7H,1-2H3,(H,13,14). The molecule has 0 bridgehead atoms. The minimum absolute atomic E-state index is 0.106. The molecule has 0 saturated heterocycles. The lowest BCUT2D eigenvalue weighted by molar-refractivity contribution is -0.123. The van der Waals surface area contributed by atoms with Crippen molar-refractivity contribution >= 4 is 28.8 Å². The second kappa shape index (κ2) is 5.15. The van der Waals surface area contributed by atoms with Gasteiger partial charge in [0.25, 0.3) is 0 Å². The summed E-state index contributed by atoms with van der Waals surface area (Å²) >= 11 is 7.21. The van der Waals surface area contributed by atoms with Crippen molar-refractivity contribution in [3.63, 3.8) is 0 Å². The minimum atomic E-state index is -0.622. The molecule has 0 aliphatic heterocycles. The zero-order valence-electron chi connectivity index (χ0n) is 8.45. The smallest absolute Gasteiger partial charge is 0.237 e. The fourth-order valence-electron chi connectivity index (χ4n) is 1.03. The second-order valence-electron chi connectivity index (χ2n) is 3.22. The third-order valence-corrected chi connectivity index (χ3v) is 3.38. The lowest BCUT2D eigenvalue weighted by Gasteiger charge is -2.12. The number of nitrogens with one attached hydrogen (secondary N) is 1. The monoisotopic (exact) mass is 242 g/mol. The highest BCUT2D eigenvalue weighted by molar-refractivity contribution is 7.16. The van der Waals surface area contributed by atoms with Gasteiger partial charge in [-0.2, -0.15) is 5.26 Å². The van der Waals surface area contributed by atoms with Gasteiger partial charge in [0.05, 0.1) is 16.4 Å². The van der Waals surface area contributed by atoms with Gasteiger partial charge >= 0.3 is 0 Å². The average Bonchev–Trinajstić information content (AvgIpc) is 2.63. The van der Waals surface area contributed by atoms with Crippen LogP contribution in [0.25, 0.3) is 0 Å². The number of hydrogen-bond acceptors (Lipinski definition) is 3. The summed E-state index contributed by atoms with van der Waals surface area (Å²) in [5.74, 6) is -0.877. The third kappa shape index (κ3) is 3.22. The Morgan fingerprint density at radius 1 is 1.60 bits per heavy atom. The van der Waals surface area contributed by atoms with Crippen LogP contribution in [0, 0.1) is 17.2 Å². The van der Waals surface area contributed by atoms with Crippen molar-refractivity contribution < 1.29 is 4.79 Å². The summed E-state index contributed by atoms with van der Waals surface area (Å²) in [5, 5.41) is 11.3. The van der Waals surface area contributed by atoms with Gasteiger partial charge < -0.3 is 5.32 Å². The Morgan fingerprint density at radius 2 is 2.27 bits per heavy atom. The van der Waals surface area contributed by atoms with Gasteiger partial charge in [-0.25, -0.2) is 0 Å². The predicted molar refractivity (Wildman–Crippen MR) is 60.7 cm³/mol. The Balaban J connectivity index is 2.61. The first-order valence-electron chi connectivity index (χ1n) is 4.50. The van der Waals surface area contributed by atoms with Gasteiger partial charge in [0, 0.05) is 4.88 Å². The molecule has 1 heterocycles. The van der Waals surface area contributed by atoms with Crippen molar-refractivity contribution in [1.29, 1.82) is 5.26 Å². The molecule has 1 rings (SSSR count). The van der Waals surface area contributed by atoms with Crippen molar-refractivity contribution in [2.75, 3.05) is 0 Å². The van der Waals surface area contributed by atoms with Crippen LogP contribution < -0.4 is 5.32 Å². The van der Waals surface area contributed by atoms with Crippen LogP contribution in [-0.4, -0.2) is 5.91 Å². The van der Waals surface area contributed by atoms with E-state index in [2.05, 4.69) is 5.32 Å². The Bertz CT molecular complexity index is 396. The molecule has 2 atom stereocenters. The lowest BCUT2D eigenvalue weighted by Crippen LogP contribution is -2.30. The zero-order valence-corrected chi connectivity index (χ0v) is 10.0. The number of carbonyl (C=O) groups excluding carboxylic acids is 1. The van der Waals surface area contributed by atoms with E-state index in [-0.39, 0.29) is 11.9 Å². The SMILES string of the molecule is CC(C#N)C(=O)NC(C)c1ccc(Cl)s1. The fraction of sp³-hybridized carbons (Fsp3) is 0.400. The summed E-state index contributed by atoms with van der Waals surface area (Å²) in [5.41, 5.74) is 0. The van der Waals surface area contributed by atoms with Crippen LogP contribution in [0.2, 0.25) is 4.34 Å². The number of amides is 1. The highest BCUT2D eigenvalue weighted by Crippen LogP contribution is 2.26. The van der Waals surface area contributed by atoms with Crippen molar-refractivity contribution in [2.24, 2.45) is 5.92 Å². The molecule has 1 N–H and O–H groups in total. The lowest BCUT2D eigenvalue weighted by atomic mass is 10.2. The molecule has 1 aromatic rings. The van der Waals surface area contributed by atoms with E-state index in [0.29, 0.717) is 4.34 Å². The summed E-state index contributed by atoms with van der Waals surface area (Å²) in [7, 11) is 0. The van der Waals surface area contributed by atoms with E-state index in [4.69, 9.17) is 16.9 Å². The summed E-state index contributed by atoms with van der Waals surface area (Å²) < 4.78 is 0.694. The van der Waals surface area contributed by atoms with E-state index in [9.17, 15) is 4.79 Å². The van der Waals surface area contributed by atoms with Gasteiger partial charge in [-0.3, -0.25) is 4.79 Å². The molecular formula is C10H11ClN2OS. The van der Waals surface area contributed by atoms with Gasteiger partial charge in [0.15, 0.2) is 0 Å². The van der Waals surface area contributed by atoms with Crippen LogP contribution in [0.1, 0.15) is 24.8 Å². The van der Waals surface area contributed by atoms with E-state index >= 15 is 0 Å². The van der Waals surface area contributed by atoms with Crippen molar-refractivity contribution in [1.82, 2.24) is 5.32 Å². The number of rotatable bonds is 3. The highest BCUT2D eigenvalue weighted by Gasteiger charge is 2.16. The van der Waals surface area contributed by atoms with Gasteiger partial charge in [-0.15, -0.1) is 11.3 Å². The molecule has 0 aromatic carbocycles. The predicted octanol–water partition coefficient (Wildman–Crippen LogP) is 2.74. The van der Waals surface area contributed by atoms with E-state index in [0.717, 1.165) is 4.88 Å². The Kier molecular flexibility index (Phi) is 4.13. The summed E-state index contributed by atoms with van der Waals surface area (Å²) in [4.78, 5) is 12.4. The van der Waals surface area contributed by atoms with Crippen molar-refractivity contribution in [3.8, 4) is 6.07 Å². The largest absolute Gasteiger partial charge is 0.348 e. The molecule has 0 fully saturated rings. The van der Waals surface area contributed by atoms with Crippen LogP contribution in [-0.2, 0) is 4.79 Å². The van der Waals surface area contributed by atoms with E-state index < -0.39 is 5.92 Å². The van der Waals surface area contributed by atoms with Gasteiger partial charge in [0.1, 0.15) is 5.92 Å². The quantitative estimate of drug-likeness (QED) is 0.886. The maximum Gasteiger partial charge on any atom is 0.237 e. The molecule has 0 saturated carbocycles. The molecule has 5 heteroatoms. The van der Waals surface area contributed by atoms with Crippen LogP contribution in [0.5, 0.6) is 0 Å². The minimum Gasteiger partial charge on any atom is -0.348 e. The molecule has 2 unspecified atom stereocenters. The molecule has 3 nitrogen and oxygen atoms in total. The summed E-state index contributed by atoms with van der Waals surface area (Å²) in [6.45, 7) is 3.44. The van der Waals surface area contributed by atoms with Crippen LogP contribution in [0.3, 0.4) is 0 Å². The zero-order chi connectivity index (χ0) is 11.4. The van der Waals surface area contributed by atoms with Crippen molar-refractivity contribution in [3.05, 3.63) is 21.3 Å². The average molecular weight is 243 g/mol. The van der Waals surface area contributed by atoms with E-state index in [1.54, 1.807) is 13.0 Å². The number of hydrogen-bond donors (Lipinski definition) is 1. The topological polar surface area (TPSA) is 52.9 Å². The molecule has 0 aliphatic carbocycles. The highest BCUT2D eigenvalue weighted by atomic mass is 35.5. The third-order valence-electron chi connectivity index (χ3n) is 1.97. The molecule has 0 radical (unpaired) electrons. The van der Waals surface area contributed by atoms with Gasteiger partial charge in [-0.1, -0.05) is 11.6 Å². The molecule has 0 aliphatic rings. The molecular weight excluding hydrogens is 232 g/mol. The van der Waals surface area contributed by atoms with Gasteiger partial charge in [0.2, 0.25) is 5.91 Å². The fourth-order valence-corrected chi connectivity index (χ4v) is 2.09.